The Labute approximate surface area is 152 Å². The molecular weight excluding hydrogens is 363 g/mol. The number of nitrogens with one attached hydrogen (secondary N) is 1. The van der Waals surface area contributed by atoms with Crippen molar-refractivity contribution in [2.45, 2.75) is 30.3 Å². The molecule has 4 nitrogen and oxygen atoms in total. The average molecular weight is 383 g/mol. The summed E-state index contributed by atoms with van der Waals surface area (Å²) in [4.78, 5) is 1.81. The molecule has 1 saturated heterocycles. The highest BCUT2D eigenvalue weighted by atomic mass is 35.5. The van der Waals surface area contributed by atoms with Crippen molar-refractivity contribution in [3.05, 3.63) is 64.9 Å². The smallest absolute Gasteiger partial charge is 0.243 e. The molecule has 1 heterocycles. The summed E-state index contributed by atoms with van der Waals surface area (Å²) in [5.74, 6) is -0.909. The van der Waals surface area contributed by atoms with Gasteiger partial charge < -0.3 is 0 Å². The molecule has 0 aromatic heterocycles. The lowest BCUT2D eigenvalue weighted by Crippen LogP contribution is -2.47. The molecule has 0 radical (unpaired) electrons. The third kappa shape index (κ3) is 4.58. The number of piperidine rings is 1. The minimum absolute atomic E-state index is 0.197. The Morgan fingerprint density at radius 3 is 2.68 bits per heavy atom. The monoisotopic (exact) mass is 382 g/mol. The molecule has 2 aromatic rings. The molecule has 1 atom stereocenters. The third-order valence-electron chi connectivity index (χ3n) is 4.28. The van der Waals surface area contributed by atoms with Crippen LogP contribution in [0, 0.1) is 5.82 Å². The van der Waals surface area contributed by atoms with Gasteiger partial charge >= 0.3 is 0 Å². The van der Waals surface area contributed by atoms with Crippen LogP contribution in [0.3, 0.4) is 0 Å². The van der Waals surface area contributed by atoms with E-state index in [1.165, 1.54) is 23.8 Å². The summed E-state index contributed by atoms with van der Waals surface area (Å²) >= 11 is 5.70. The van der Waals surface area contributed by atoms with Crippen LogP contribution in [0.2, 0.25) is 5.02 Å². The Kier molecular flexibility index (Phi) is 5.74. The zero-order valence-electron chi connectivity index (χ0n) is 13.7. The number of halogens is 2. The first-order valence-electron chi connectivity index (χ1n) is 8.18. The SMILES string of the molecule is O=S(=O)(NC1CCCN(Cc2ccccc2)C1)c1cccc(Cl)c1F. The lowest BCUT2D eigenvalue weighted by molar-refractivity contribution is 0.194. The van der Waals surface area contributed by atoms with Gasteiger partial charge in [-0.05, 0) is 37.1 Å². The summed E-state index contributed by atoms with van der Waals surface area (Å²) in [5, 5.41) is -0.197. The molecular formula is C18H20ClFN2O2S. The van der Waals surface area contributed by atoms with Crippen molar-refractivity contribution in [1.29, 1.82) is 0 Å². The van der Waals surface area contributed by atoms with Crippen molar-refractivity contribution in [2.75, 3.05) is 13.1 Å². The Balaban J connectivity index is 1.68. The fourth-order valence-corrected chi connectivity index (χ4v) is 4.70. The van der Waals surface area contributed by atoms with E-state index in [1.807, 2.05) is 18.2 Å². The predicted octanol–water partition coefficient (Wildman–Crippen LogP) is 3.42. The van der Waals surface area contributed by atoms with Gasteiger partial charge in [-0.2, -0.15) is 0 Å². The van der Waals surface area contributed by atoms with Crippen LogP contribution in [0.25, 0.3) is 0 Å². The van der Waals surface area contributed by atoms with Crippen LogP contribution in [-0.2, 0) is 16.6 Å². The van der Waals surface area contributed by atoms with Crippen molar-refractivity contribution < 1.29 is 12.8 Å². The number of hydrogen-bond donors (Lipinski definition) is 1. The number of hydrogen-bond acceptors (Lipinski definition) is 3. The third-order valence-corrected chi connectivity index (χ3v) is 6.11. The topological polar surface area (TPSA) is 49.4 Å². The molecule has 7 heteroatoms. The quantitative estimate of drug-likeness (QED) is 0.862. The Hall–Kier alpha value is -1.47. The molecule has 0 saturated carbocycles. The maximum atomic E-state index is 14.1. The Bertz CT molecular complexity index is 830. The van der Waals surface area contributed by atoms with Crippen molar-refractivity contribution in [1.82, 2.24) is 9.62 Å². The van der Waals surface area contributed by atoms with Gasteiger partial charge in [0.2, 0.25) is 10.0 Å². The van der Waals surface area contributed by atoms with E-state index in [2.05, 4.69) is 21.8 Å². The molecule has 3 rings (SSSR count). The molecule has 0 spiro atoms. The van der Waals surface area contributed by atoms with E-state index in [1.54, 1.807) is 0 Å². The summed E-state index contributed by atoms with van der Waals surface area (Å²) < 4.78 is 41.7. The van der Waals surface area contributed by atoms with Crippen molar-refractivity contribution in [2.24, 2.45) is 0 Å². The summed E-state index contributed by atoms with van der Waals surface area (Å²) in [6, 6.07) is 13.8. The number of rotatable bonds is 5. The molecule has 0 amide bonds. The van der Waals surface area contributed by atoms with Gasteiger partial charge in [-0.1, -0.05) is 48.0 Å². The van der Waals surface area contributed by atoms with Gasteiger partial charge in [0.05, 0.1) is 5.02 Å². The predicted molar refractivity (Wildman–Crippen MR) is 96.5 cm³/mol. The molecule has 0 bridgehead atoms. The molecule has 0 aliphatic carbocycles. The molecule has 1 N–H and O–H groups in total. The van der Waals surface area contributed by atoms with Gasteiger partial charge in [0, 0.05) is 19.1 Å². The number of nitrogens with zero attached hydrogens (tertiary/aromatic N) is 1. The van der Waals surface area contributed by atoms with E-state index >= 15 is 0 Å². The summed E-state index contributed by atoms with van der Waals surface area (Å²) in [7, 11) is -3.95. The molecule has 1 aliphatic rings. The lowest BCUT2D eigenvalue weighted by atomic mass is 10.1. The van der Waals surface area contributed by atoms with Gasteiger partial charge in [-0.3, -0.25) is 4.90 Å². The number of likely N-dealkylation sites (tertiary alicyclic amines) is 1. The second-order valence-electron chi connectivity index (χ2n) is 6.23. The highest BCUT2D eigenvalue weighted by Crippen LogP contribution is 2.23. The van der Waals surface area contributed by atoms with Crippen LogP contribution in [0.4, 0.5) is 4.39 Å². The first-order chi connectivity index (χ1) is 12.0. The first-order valence-corrected chi connectivity index (χ1v) is 10.0. The van der Waals surface area contributed by atoms with Crippen LogP contribution in [0.1, 0.15) is 18.4 Å². The fourth-order valence-electron chi connectivity index (χ4n) is 3.11. The van der Waals surface area contributed by atoms with Crippen LogP contribution >= 0.6 is 11.6 Å². The molecule has 1 unspecified atom stereocenters. The lowest BCUT2D eigenvalue weighted by Gasteiger charge is -2.33. The minimum Gasteiger partial charge on any atom is -0.298 e. The molecule has 1 fully saturated rings. The molecule has 1 aliphatic heterocycles. The second-order valence-corrected chi connectivity index (χ2v) is 8.32. The molecule has 134 valence electrons. The van der Waals surface area contributed by atoms with E-state index in [9.17, 15) is 12.8 Å². The molecule has 25 heavy (non-hydrogen) atoms. The van der Waals surface area contributed by atoms with E-state index in [0.29, 0.717) is 6.54 Å². The maximum absolute atomic E-state index is 14.1. The second kappa shape index (κ2) is 7.83. The van der Waals surface area contributed by atoms with Gasteiger partial charge in [0.25, 0.3) is 0 Å². The molecule has 2 aromatic carbocycles. The zero-order valence-corrected chi connectivity index (χ0v) is 15.2. The van der Waals surface area contributed by atoms with Gasteiger partial charge in [-0.25, -0.2) is 17.5 Å². The van der Waals surface area contributed by atoms with Gasteiger partial charge in [0.15, 0.2) is 5.82 Å². The van der Waals surface area contributed by atoms with E-state index in [-0.39, 0.29) is 11.1 Å². The van der Waals surface area contributed by atoms with E-state index < -0.39 is 20.7 Å². The normalized spacial score (nSPS) is 19.0. The Morgan fingerprint density at radius 1 is 1.16 bits per heavy atom. The van der Waals surface area contributed by atoms with E-state index in [4.69, 9.17) is 11.6 Å². The van der Waals surface area contributed by atoms with Gasteiger partial charge in [-0.15, -0.1) is 0 Å². The minimum atomic E-state index is -3.95. The largest absolute Gasteiger partial charge is 0.298 e. The van der Waals surface area contributed by atoms with E-state index in [0.717, 1.165) is 25.9 Å². The Morgan fingerprint density at radius 2 is 1.92 bits per heavy atom. The van der Waals surface area contributed by atoms with Crippen LogP contribution in [0.5, 0.6) is 0 Å². The fraction of sp³-hybridized carbons (Fsp3) is 0.333. The highest BCUT2D eigenvalue weighted by molar-refractivity contribution is 7.89. The van der Waals surface area contributed by atoms with Crippen molar-refractivity contribution >= 4 is 21.6 Å². The van der Waals surface area contributed by atoms with Crippen molar-refractivity contribution in [3.63, 3.8) is 0 Å². The van der Waals surface area contributed by atoms with Gasteiger partial charge in [0.1, 0.15) is 4.90 Å². The summed E-state index contributed by atoms with van der Waals surface area (Å²) in [6.07, 6.45) is 1.62. The van der Waals surface area contributed by atoms with Crippen LogP contribution < -0.4 is 4.72 Å². The highest BCUT2D eigenvalue weighted by Gasteiger charge is 2.27. The standard InChI is InChI=1S/C18H20ClFN2O2S/c19-16-9-4-10-17(18(16)20)25(23,24)21-15-8-5-11-22(13-15)12-14-6-2-1-3-7-14/h1-4,6-7,9-10,15,21H,5,8,11-13H2. The van der Waals surface area contributed by atoms with Crippen LogP contribution in [0.15, 0.2) is 53.4 Å². The number of sulfonamides is 1. The van der Waals surface area contributed by atoms with Crippen LogP contribution in [-0.4, -0.2) is 32.4 Å². The summed E-state index contributed by atoms with van der Waals surface area (Å²) in [6.45, 7) is 2.28. The number of benzene rings is 2. The first kappa shape index (κ1) is 18.3. The zero-order chi connectivity index (χ0) is 17.9. The average Bonchev–Trinajstić information content (AvgIpc) is 2.58. The maximum Gasteiger partial charge on any atom is 0.243 e. The summed E-state index contributed by atoms with van der Waals surface area (Å²) in [5.41, 5.74) is 1.19. The van der Waals surface area contributed by atoms with Crippen molar-refractivity contribution in [3.8, 4) is 0 Å².